The Morgan fingerprint density at radius 1 is 0.840 bits per heavy atom. The second-order valence-electron chi connectivity index (χ2n) is 6.51. The summed E-state index contributed by atoms with van der Waals surface area (Å²) in [6.45, 7) is 1.40. The van der Waals surface area contributed by atoms with Gasteiger partial charge in [-0.15, -0.1) is 0 Å². The van der Waals surface area contributed by atoms with Gasteiger partial charge >= 0.3 is 0 Å². The van der Waals surface area contributed by atoms with Gasteiger partial charge in [0, 0.05) is 29.8 Å². The first kappa shape index (κ1) is 15.6. The first-order valence-electron chi connectivity index (χ1n) is 8.50. The van der Waals surface area contributed by atoms with Gasteiger partial charge in [-0.2, -0.15) is 0 Å². The van der Waals surface area contributed by atoms with Gasteiger partial charge in [0.2, 0.25) is 0 Å². The van der Waals surface area contributed by atoms with Gasteiger partial charge in [-0.25, -0.2) is 0 Å². The molecule has 0 aromatic heterocycles. The van der Waals surface area contributed by atoms with Crippen molar-refractivity contribution < 1.29 is 14.4 Å². The van der Waals surface area contributed by atoms with Crippen molar-refractivity contribution in [2.75, 3.05) is 18.8 Å². The zero-order valence-electron chi connectivity index (χ0n) is 13.7. The Labute approximate surface area is 145 Å². The van der Waals surface area contributed by atoms with E-state index in [1.54, 1.807) is 41.3 Å². The van der Waals surface area contributed by atoms with Crippen LogP contribution in [0.1, 0.15) is 61.5 Å². The predicted molar refractivity (Wildman–Crippen MR) is 93.9 cm³/mol. The molecule has 0 atom stereocenters. The van der Waals surface area contributed by atoms with E-state index >= 15 is 0 Å². The number of piperidine rings is 1. The molecule has 5 heteroatoms. The number of nitrogens with two attached hydrogens (primary N) is 1. The monoisotopic (exact) mass is 334 g/mol. The Balaban J connectivity index is 1.81. The summed E-state index contributed by atoms with van der Waals surface area (Å²) in [6.07, 6.45) is 3.07. The van der Waals surface area contributed by atoms with E-state index in [1.165, 1.54) is 0 Å². The van der Waals surface area contributed by atoms with E-state index in [4.69, 9.17) is 5.73 Å². The molecule has 1 aliphatic carbocycles. The smallest absolute Gasteiger partial charge is 0.255 e. The molecule has 5 nitrogen and oxygen atoms in total. The minimum absolute atomic E-state index is 0.112. The highest BCUT2D eigenvalue weighted by Crippen LogP contribution is 2.33. The number of rotatable bonds is 1. The first-order valence-corrected chi connectivity index (χ1v) is 8.50. The zero-order valence-corrected chi connectivity index (χ0v) is 13.7. The largest absolute Gasteiger partial charge is 0.397 e. The SMILES string of the molecule is Nc1c(C(=O)N2CCCCC2)ccc2c1C(=O)c1ccccc1C2=O. The van der Waals surface area contributed by atoms with Gasteiger partial charge in [0.25, 0.3) is 5.91 Å². The van der Waals surface area contributed by atoms with Gasteiger partial charge in [-0.05, 0) is 31.4 Å². The summed E-state index contributed by atoms with van der Waals surface area (Å²) >= 11 is 0. The highest BCUT2D eigenvalue weighted by Gasteiger charge is 2.33. The highest BCUT2D eigenvalue weighted by atomic mass is 16.2. The van der Waals surface area contributed by atoms with E-state index in [-0.39, 0.29) is 34.3 Å². The Kier molecular flexibility index (Phi) is 3.64. The van der Waals surface area contributed by atoms with Crippen molar-refractivity contribution >= 4 is 23.2 Å². The van der Waals surface area contributed by atoms with Crippen LogP contribution in [-0.2, 0) is 0 Å². The summed E-state index contributed by atoms with van der Waals surface area (Å²) in [5.41, 5.74) is 7.78. The number of carbonyl (C=O) groups excluding carboxylic acids is 3. The van der Waals surface area contributed by atoms with Crippen molar-refractivity contribution in [1.29, 1.82) is 0 Å². The number of nitrogens with zero attached hydrogens (tertiary/aromatic N) is 1. The number of amides is 1. The maximum atomic E-state index is 12.9. The van der Waals surface area contributed by atoms with E-state index in [0.29, 0.717) is 29.8 Å². The van der Waals surface area contributed by atoms with Gasteiger partial charge in [-0.3, -0.25) is 14.4 Å². The zero-order chi connectivity index (χ0) is 17.6. The molecule has 1 amide bonds. The lowest BCUT2D eigenvalue weighted by Crippen LogP contribution is -2.36. The van der Waals surface area contributed by atoms with Crippen molar-refractivity contribution in [2.24, 2.45) is 0 Å². The number of likely N-dealkylation sites (tertiary alicyclic amines) is 1. The van der Waals surface area contributed by atoms with Crippen molar-refractivity contribution in [1.82, 2.24) is 4.90 Å². The standard InChI is InChI=1S/C20H18N2O3/c21-17-15(20(25)22-10-4-1-5-11-22)9-8-14-16(17)19(24)13-7-3-2-6-12(13)18(14)23/h2-3,6-9H,1,4-5,10-11,21H2. The normalized spacial score (nSPS) is 16.4. The number of nitrogen functional groups attached to an aromatic ring is 1. The molecule has 0 bridgehead atoms. The minimum Gasteiger partial charge on any atom is -0.397 e. The quantitative estimate of drug-likeness (QED) is 0.694. The Bertz CT molecular complexity index is 911. The van der Waals surface area contributed by atoms with Crippen LogP contribution in [0.15, 0.2) is 36.4 Å². The molecule has 0 unspecified atom stereocenters. The predicted octanol–water partition coefficient (Wildman–Crippen LogP) is 2.67. The number of fused-ring (bicyclic) bond motifs is 2. The molecule has 2 N–H and O–H groups in total. The number of ketones is 2. The van der Waals surface area contributed by atoms with E-state index < -0.39 is 0 Å². The van der Waals surface area contributed by atoms with Gasteiger partial charge in [0.05, 0.1) is 16.8 Å². The highest BCUT2D eigenvalue weighted by molar-refractivity contribution is 6.30. The van der Waals surface area contributed by atoms with Crippen LogP contribution < -0.4 is 5.73 Å². The summed E-state index contributed by atoms with van der Waals surface area (Å²) < 4.78 is 0. The minimum atomic E-state index is -0.295. The van der Waals surface area contributed by atoms with Gasteiger partial charge in [-0.1, -0.05) is 24.3 Å². The summed E-state index contributed by atoms with van der Waals surface area (Å²) in [5.74, 6) is -0.691. The number of carbonyl (C=O) groups is 3. The average molecular weight is 334 g/mol. The van der Waals surface area contributed by atoms with Crippen LogP contribution in [0.2, 0.25) is 0 Å². The fraction of sp³-hybridized carbons (Fsp3) is 0.250. The molecule has 0 spiro atoms. The van der Waals surface area contributed by atoms with Crippen LogP contribution in [0.3, 0.4) is 0 Å². The van der Waals surface area contributed by atoms with E-state index in [1.807, 2.05) is 0 Å². The number of anilines is 1. The lowest BCUT2D eigenvalue weighted by atomic mass is 9.82. The third-order valence-electron chi connectivity index (χ3n) is 5.01. The molecular formula is C20H18N2O3. The first-order chi connectivity index (χ1) is 12.1. The number of hydrogen-bond donors (Lipinski definition) is 1. The average Bonchev–Trinajstić information content (AvgIpc) is 2.66. The third kappa shape index (κ3) is 2.35. The van der Waals surface area contributed by atoms with Crippen molar-refractivity contribution in [3.05, 3.63) is 64.2 Å². The molecule has 0 radical (unpaired) electrons. The molecule has 25 heavy (non-hydrogen) atoms. The number of hydrogen-bond acceptors (Lipinski definition) is 4. The van der Waals surface area contributed by atoms with Gasteiger partial charge in [0.1, 0.15) is 0 Å². The van der Waals surface area contributed by atoms with Crippen molar-refractivity contribution in [2.45, 2.75) is 19.3 Å². The summed E-state index contributed by atoms with van der Waals surface area (Å²) in [4.78, 5) is 40.1. The summed E-state index contributed by atoms with van der Waals surface area (Å²) in [7, 11) is 0. The molecule has 1 heterocycles. The summed E-state index contributed by atoms with van der Waals surface area (Å²) in [5, 5.41) is 0. The molecular weight excluding hydrogens is 316 g/mol. The van der Waals surface area contributed by atoms with E-state index in [0.717, 1.165) is 19.3 Å². The van der Waals surface area contributed by atoms with Crippen LogP contribution >= 0.6 is 0 Å². The Morgan fingerprint density at radius 3 is 2.16 bits per heavy atom. The van der Waals surface area contributed by atoms with Crippen LogP contribution in [0.5, 0.6) is 0 Å². The van der Waals surface area contributed by atoms with E-state index in [9.17, 15) is 14.4 Å². The second-order valence-corrected chi connectivity index (χ2v) is 6.51. The van der Waals surface area contributed by atoms with Crippen molar-refractivity contribution in [3.8, 4) is 0 Å². The van der Waals surface area contributed by atoms with Crippen LogP contribution in [0, 0.1) is 0 Å². The molecule has 4 rings (SSSR count). The fourth-order valence-corrected chi connectivity index (χ4v) is 3.67. The van der Waals surface area contributed by atoms with E-state index in [2.05, 4.69) is 0 Å². The molecule has 126 valence electrons. The lowest BCUT2D eigenvalue weighted by Gasteiger charge is -2.28. The maximum absolute atomic E-state index is 12.9. The Hall–Kier alpha value is -2.95. The van der Waals surface area contributed by atoms with Gasteiger partial charge < -0.3 is 10.6 Å². The third-order valence-corrected chi connectivity index (χ3v) is 5.01. The van der Waals surface area contributed by atoms with Crippen LogP contribution in [0.4, 0.5) is 5.69 Å². The molecule has 2 aromatic carbocycles. The lowest BCUT2D eigenvalue weighted by molar-refractivity contribution is 0.0725. The second kappa shape index (κ2) is 5.84. The topological polar surface area (TPSA) is 80.5 Å². The van der Waals surface area contributed by atoms with Crippen molar-refractivity contribution in [3.63, 3.8) is 0 Å². The van der Waals surface area contributed by atoms with Crippen LogP contribution in [-0.4, -0.2) is 35.5 Å². The molecule has 0 saturated carbocycles. The summed E-state index contributed by atoms with van der Waals surface area (Å²) in [6, 6.07) is 9.84. The van der Waals surface area contributed by atoms with Gasteiger partial charge in [0.15, 0.2) is 11.6 Å². The maximum Gasteiger partial charge on any atom is 0.255 e. The molecule has 1 fully saturated rings. The molecule has 2 aliphatic rings. The number of benzene rings is 2. The van der Waals surface area contributed by atoms with Crippen LogP contribution in [0.25, 0.3) is 0 Å². The molecule has 1 saturated heterocycles. The molecule has 1 aliphatic heterocycles. The molecule has 2 aromatic rings. The fourth-order valence-electron chi connectivity index (χ4n) is 3.67. The Morgan fingerprint density at radius 2 is 1.48 bits per heavy atom.